The molecule has 0 aromatic heterocycles. The number of likely N-dealkylation sites (N-methyl/N-ethyl adjacent to an activating group) is 2. The smallest absolute Gasteiger partial charge is 0.255 e. The molecule has 1 rings (SSSR count). The van der Waals surface area contributed by atoms with Crippen LogP contribution >= 0.6 is 27.5 Å². The van der Waals surface area contributed by atoms with Crippen LogP contribution in [0, 0.1) is 0 Å². The zero-order valence-corrected chi connectivity index (χ0v) is 12.5. The molecule has 6 heteroatoms. The number of carbonyl (C=O) groups excluding carboxylic acids is 2. The van der Waals surface area contributed by atoms with Crippen molar-refractivity contribution in [1.82, 2.24) is 10.2 Å². The van der Waals surface area contributed by atoms with Crippen molar-refractivity contribution in [3.8, 4) is 0 Å². The Morgan fingerprint density at radius 3 is 2.72 bits per heavy atom. The monoisotopic (exact) mass is 332 g/mol. The summed E-state index contributed by atoms with van der Waals surface area (Å²) in [4.78, 5) is 24.8. The molecule has 0 spiro atoms. The molecule has 0 saturated heterocycles. The van der Waals surface area contributed by atoms with Gasteiger partial charge in [-0.3, -0.25) is 9.59 Å². The Morgan fingerprint density at radius 2 is 2.11 bits per heavy atom. The normalized spacial score (nSPS) is 10.0. The van der Waals surface area contributed by atoms with Gasteiger partial charge in [0.25, 0.3) is 5.91 Å². The molecular weight excluding hydrogens is 320 g/mol. The van der Waals surface area contributed by atoms with Crippen LogP contribution in [0.3, 0.4) is 0 Å². The standard InChI is InChI=1S/C12H14BrClN2O2/c1-3-15-11(17)7-16(2)12(18)9-6-8(13)4-5-10(9)14/h4-6H,3,7H2,1-2H3,(H,15,17). The quantitative estimate of drug-likeness (QED) is 0.919. The van der Waals surface area contributed by atoms with Gasteiger partial charge in [-0.05, 0) is 25.1 Å². The number of hydrogen-bond acceptors (Lipinski definition) is 2. The third kappa shape index (κ3) is 3.99. The lowest BCUT2D eigenvalue weighted by Gasteiger charge is -2.17. The molecule has 18 heavy (non-hydrogen) atoms. The highest BCUT2D eigenvalue weighted by Crippen LogP contribution is 2.22. The molecule has 0 saturated carbocycles. The van der Waals surface area contributed by atoms with E-state index in [0.717, 1.165) is 4.47 Å². The summed E-state index contributed by atoms with van der Waals surface area (Å²) in [6, 6.07) is 5.03. The van der Waals surface area contributed by atoms with Gasteiger partial charge in [0.05, 0.1) is 17.1 Å². The summed E-state index contributed by atoms with van der Waals surface area (Å²) in [6.45, 7) is 2.37. The Balaban J connectivity index is 2.80. The second kappa shape index (κ2) is 6.75. The lowest BCUT2D eigenvalue weighted by molar-refractivity contribution is -0.121. The van der Waals surface area contributed by atoms with E-state index in [0.29, 0.717) is 17.1 Å². The van der Waals surface area contributed by atoms with E-state index in [1.165, 1.54) is 4.90 Å². The van der Waals surface area contributed by atoms with Crippen LogP contribution in [-0.4, -0.2) is 36.9 Å². The van der Waals surface area contributed by atoms with Gasteiger partial charge in [-0.1, -0.05) is 27.5 Å². The van der Waals surface area contributed by atoms with Gasteiger partial charge in [0.2, 0.25) is 5.91 Å². The number of nitrogens with zero attached hydrogens (tertiary/aromatic N) is 1. The molecule has 0 aliphatic rings. The molecule has 0 aliphatic heterocycles. The van der Waals surface area contributed by atoms with Crippen molar-refractivity contribution >= 4 is 39.3 Å². The molecule has 0 fully saturated rings. The van der Waals surface area contributed by atoms with Gasteiger partial charge in [0.1, 0.15) is 0 Å². The fourth-order valence-corrected chi connectivity index (χ4v) is 1.97. The van der Waals surface area contributed by atoms with Gasteiger partial charge < -0.3 is 10.2 Å². The number of amides is 2. The van der Waals surface area contributed by atoms with Gasteiger partial charge in [-0.15, -0.1) is 0 Å². The highest BCUT2D eigenvalue weighted by atomic mass is 79.9. The van der Waals surface area contributed by atoms with Crippen molar-refractivity contribution in [3.05, 3.63) is 33.3 Å². The summed E-state index contributed by atoms with van der Waals surface area (Å²) >= 11 is 9.24. The first-order valence-electron chi connectivity index (χ1n) is 5.43. The van der Waals surface area contributed by atoms with Crippen LogP contribution < -0.4 is 5.32 Å². The molecule has 0 heterocycles. The number of hydrogen-bond donors (Lipinski definition) is 1. The van der Waals surface area contributed by atoms with Gasteiger partial charge in [0, 0.05) is 18.1 Å². The number of carbonyl (C=O) groups is 2. The van der Waals surface area contributed by atoms with Crippen LogP contribution in [0.2, 0.25) is 5.02 Å². The van der Waals surface area contributed by atoms with Crippen LogP contribution in [0.1, 0.15) is 17.3 Å². The van der Waals surface area contributed by atoms with Gasteiger partial charge in [-0.2, -0.15) is 0 Å². The average Bonchev–Trinajstić information content (AvgIpc) is 2.31. The number of nitrogens with one attached hydrogen (secondary N) is 1. The second-order valence-corrected chi connectivity index (χ2v) is 5.06. The maximum atomic E-state index is 12.1. The van der Waals surface area contributed by atoms with Crippen LogP contribution in [-0.2, 0) is 4.79 Å². The molecule has 0 unspecified atom stereocenters. The van der Waals surface area contributed by atoms with E-state index in [9.17, 15) is 9.59 Å². The van der Waals surface area contributed by atoms with E-state index >= 15 is 0 Å². The first-order valence-corrected chi connectivity index (χ1v) is 6.60. The molecule has 0 aliphatic carbocycles. The number of benzene rings is 1. The second-order valence-electron chi connectivity index (χ2n) is 3.74. The summed E-state index contributed by atoms with van der Waals surface area (Å²) in [7, 11) is 1.56. The van der Waals surface area contributed by atoms with E-state index < -0.39 is 0 Å². The summed E-state index contributed by atoms with van der Waals surface area (Å²) in [6.07, 6.45) is 0. The van der Waals surface area contributed by atoms with Crippen molar-refractivity contribution in [2.24, 2.45) is 0 Å². The summed E-state index contributed by atoms with van der Waals surface area (Å²) < 4.78 is 0.765. The maximum Gasteiger partial charge on any atom is 0.255 e. The lowest BCUT2D eigenvalue weighted by Crippen LogP contribution is -2.38. The first-order chi connectivity index (χ1) is 8.45. The Morgan fingerprint density at radius 1 is 1.44 bits per heavy atom. The maximum absolute atomic E-state index is 12.1. The fourth-order valence-electron chi connectivity index (χ4n) is 1.41. The zero-order valence-electron chi connectivity index (χ0n) is 10.2. The number of rotatable bonds is 4. The Labute approximate surface area is 119 Å². The predicted octanol–water partition coefficient (Wildman–Crippen LogP) is 2.31. The molecule has 0 atom stereocenters. The van der Waals surface area contributed by atoms with E-state index in [4.69, 9.17) is 11.6 Å². The van der Waals surface area contributed by atoms with Crippen molar-refractivity contribution in [2.45, 2.75) is 6.92 Å². The summed E-state index contributed by atoms with van der Waals surface area (Å²) in [5, 5.41) is 3.00. The van der Waals surface area contributed by atoms with E-state index in [1.54, 1.807) is 25.2 Å². The summed E-state index contributed by atoms with van der Waals surface area (Å²) in [5.74, 6) is -0.480. The van der Waals surface area contributed by atoms with Crippen molar-refractivity contribution < 1.29 is 9.59 Å². The Bertz CT molecular complexity index is 465. The molecule has 98 valence electrons. The minimum atomic E-state index is -0.285. The average molecular weight is 334 g/mol. The van der Waals surface area contributed by atoms with E-state index in [-0.39, 0.29) is 18.4 Å². The molecular formula is C12H14BrClN2O2. The summed E-state index contributed by atoms with van der Waals surface area (Å²) in [5.41, 5.74) is 0.373. The topological polar surface area (TPSA) is 49.4 Å². The van der Waals surface area contributed by atoms with Crippen LogP contribution in [0.4, 0.5) is 0 Å². The van der Waals surface area contributed by atoms with Crippen molar-refractivity contribution in [3.63, 3.8) is 0 Å². The molecule has 1 aromatic carbocycles. The molecule has 1 aromatic rings. The van der Waals surface area contributed by atoms with Crippen LogP contribution in [0.5, 0.6) is 0 Å². The van der Waals surface area contributed by atoms with Crippen LogP contribution in [0.15, 0.2) is 22.7 Å². The van der Waals surface area contributed by atoms with Crippen LogP contribution in [0.25, 0.3) is 0 Å². The highest BCUT2D eigenvalue weighted by Gasteiger charge is 2.17. The third-order valence-electron chi connectivity index (χ3n) is 2.26. The molecule has 0 radical (unpaired) electrons. The molecule has 4 nitrogen and oxygen atoms in total. The highest BCUT2D eigenvalue weighted by molar-refractivity contribution is 9.10. The first kappa shape index (κ1) is 15.0. The lowest BCUT2D eigenvalue weighted by atomic mass is 10.2. The SMILES string of the molecule is CCNC(=O)CN(C)C(=O)c1cc(Br)ccc1Cl. The van der Waals surface area contributed by atoms with Gasteiger partial charge >= 0.3 is 0 Å². The van der Waals surface area contributed by atoms with Crippen molar-refractivity contribution in [1.29, 1.82) is 0 Å². The molecule has 2 amide bonds. The molecule has 1 N–H and O–H groups in total. The zero-order chi connectivity index (χ0) is 13.7. The van der Waals surface area contributed by atoms with E-state index in [2.05, 4.69) is 21.2 Å². The minimum Gasteiger partial charge on any atom is -0.355 e. The fraction of sp³-hybridized carbons (Fsp3) is 0.333. The third-order valence-corrected chi connectivity index (χ3v) is 3.08. The number of halogens is 2. The van der Waals surface area contributed by atoms with Gasteiger partial charge in [0.15, 0.2) is 0 Å². The van der Waals surface area contributed by atoms with E-state index in [1.807, 2.05) is 6.92 Å². The Hall–Kier alpha value is -1.07. The minimum absolute atomic E-state index is 0.00944. The van der Waals surface area contributed by atoms with Crippen molar-refractivity contribution in [2.75, 3.05) is 20.1 Å². The van der Waals surface area contributed by atoms with Gasteiger partial charge in [-0.25, -0.2) is 0 Å². The molecule has 0 bridgehead atoms. The largest absolute Gasteiger partial charge is 0.355 e. The Kier molecular flexibility index (Phi) is 5.62. The predicted molar refractivity (Wildman–Crippen MR) is 74.8 cm³/mol.